The minimum absolute atomic E-state index is 0.633. The molecule has 31 heavy (non-hydrogen) atoms. The molecule has 5 heteroatoms. The van der Waals surface area contributed by atoms with E-state index >= 15 is 0 Å². The van der Waals surface area contributed by atoms with Crippen molar-refractivity contribution in [1.29, 1.82) is 0 Å². The third-order valence-corrected chi connectivity index (χ3v) is 6.11. The van der Waals surface area contributed by atoms with E-state index in [-0.39, 0.29) is 0 Å². The molecule has 4 rings (SSSR count). The molecule has 0 aliphatic carbocycles. The highest BCUT2D eigenvalue weighted by Crippen LogP contribution is 2.34. The van der Waals surface area contributed by atoms with E-state index in [2.05, 4.69) is 30.1 Å². The van der Waals surface area contributed by atoms with Gasteiger partial charge in [0.15, 0.2) is 0 Å². The third kappa shape index (κ3) is 5.17. The van der Waals surface area contributed by atoms with Crippen LogP contribution >= 0.6 is 11.8 Å². The van der Waals surface area contributed by atoms with Crippen LogP contribution in [0.1, 0.15) is 16.7 Å². The smallest absolute Gasteiger partial charge is 0.256 e. The third-order valence-electron chi connectivity index (χ3n) is 4.97. The summed E-state index contributed by atoms with van der Waals surface area (Å²) in [5, 5.41) is 0. The fourth-order valence-corrected chi connectivity index (χ4v) is 4.30. The van der Waals surface area contributed by atoms with Crippen LogP contribution in [0.4, 0.5) is 13.2 Å². The summed E-state index contributed by atoms with van der Waals surface area (Å²) in [4.78, 5) is 5.65. The number of pyridine rings is 1. The molecule has 4 aromatic rings. The van der Waals surface area contributed by atoms with Gasteiger partial charge in [0, 0.05) is 22.4 Å². The van der Waals surface area contributed by atoms with Crippen molar-refractivity contribution in [2.24, 2.45) is 0 Å². The maximum Gasteiger partial charge on any atom is 0.416 e. The first kappa shape index (κ1) is 21.2. The molecule has 3 aromatic carbocycles. The summed E-state index contributed by atoms with van der Waals surface area (Å²) in [5.74, 6) is 0.788. The van der Waals surface area contributed by atoms with Gasteiger partial charge in [-0.25, -0.2) is 0 Å². The summed E-state index contributed by atoms with van der Waals surface area (Å²) in [6.45, 7) is 2.07. The normalized spacial score (nSPS) is 11.5. The lowest BCUT2D eigenvalue weighted by molar-refractivity contribution is -0.137. The molecule has 0 saturated carbocycles. The van der Waals surface area contributed by atoms with E-state index in [1.165, 1.54) is 17.7 Å². The van der Waals surface area contributed by atoms with Gasteiger partial charge in [0.2, 0.25) is 0 Å². The Morgan fingerprint density at radius 3 is 2.10 bits per heavy atom. The van der Waals surface area contributed by atoms with Gasteiger partial charge in [-0.15, -0.1) is 11.8 Å². The molecule has 0 amide bonds. The standard InChI is InChI=1S/C26H20F3NS/c1-18-5-14-25(23(16-18)24-4-2-3-15-30-24)31-17-19-6-8-20(9-7-19)21-10-12-22(13-11-21)26(27,28)29/h2-16H,17H2,1H3. The first-order valence-electron chi connectivity index (χ1n) is 9.81. The zero-order chi connectivity index (χ0) is 21.8. The summed E-state index contributed by atoms with van der Waals surface area (Å²) < 4.78 is 38.3. The number of halogens is 3. The number of benzene rings is 3. The predicted molar refractivity (Wildman–Crippen MR) is 121 cm³/mol. The van der Waals surface area contributed by atoms with Gasteiger partial charge in [0.25, 0.3) is 0 Å². The molecule has 1 heterocycles. The van der Waals surface area contributed by atoms with Crippen molar-refractivity contribution in [2.75, 3.05) is 0 Å². The van der Waals surface area contributed by atoms with Crippen LogP contribution in [0.2, 0.25) is 0 Å². The van der Waals surface area contributed by atoms with Crippen molar-refractivity contribution in [3.8, 4) is 22.4 Å². The maximum atomic E-state index is 12.8. The summed E-state index contributed by atoms with van der Waals surface area (Å²) in [6, 6.07) is 25.5. The topological polar surface area (TPSA) is 12.9 Å². The Labute approximate surface area is 184 Å². The second-order valence-electron chi connectivity index (χ2n) is 7.28. The molecule has 0 aliphatic heterocycles. The van der Waals surface area contributed by atoms with Crippen molar-refractivity contribution < 1.29 is 13.2 Å². The van der Waals surface area contributed by atoms with E-state index in [4.69, 9.17) is 0 Å². The maximum absolute atomic E-state index is 12.8. The molecule has 0 radical (unpaired) electrons. The number of alkyl halides is 3. The van der Waals surface area contributed by atoms with Gasteiger partial charge < -0.3 is 0 Å². The van der Waals surface area contributed by atoms with Crippen LogP contribution in [0, 0.1) is 6.92 Å². The van der Waals surface area contributed by atoms with Crippen molar-refractivity contribution in [2.45, 2.75) is 23.7 Å². The number of rotatable bonds is 5. The van der Waals surface area contributed by atoms with Crippen LogP contribution in [-0.2, 0) is 11.9 Å². The van der Waals surface area contributed by atoms with E-state index in [1.54, 1.807) is 18.0 Å². The van der Waals surface area contributed by atoms with Gasteiger partial charge in [-0.2, -0.15) is 13.2 Å². The van der Waals surface area contributed by atoms with Crippen molar-refractivity contribution in [3.05, 3.63) is 108 Å². The molecule has 0 atom stereocenters. The summed E-state index contributed by atoms with van der Waals surface area (Å²) in [7, 11) is 0. The lowest BCUT2D eigenvalue weighted by atomic mass is 10.0. The van der Waals surface area contributed by atoms with Crippen LogP contribution in [-0.4, -0.2) is 4.98 Å². The number of aromatic nitrogens is 1. The highest BCUT2D eigenvalue weighted by molar-refractivity contribution is 7.98. The minimum Gasteiger partial charge on any atom is -0.256 e. The van der Waals surface area contributed by atoms with Crippen molar-refractivity contribution >= 4 is 11.8 Å². The number of hydrogen-bond acceptors (Lipinski definition) is 2. The van der Waals surface area contributed by atoms with Crippen LogP contribution in [0.15, 0.2) is 96.0 Å². The number of nitrogens with zero attached hydrogens (tertiary/aromatic N) is 1. The molecule has 0 spiro atoms. The molecular weight excluding hydrogens is 415 g/mol. The Bertz CT molecular complexity index is 1150. The Hall–Kier alpha value is -3.05. The zero-order valence-corrected chi connectivity index (χ0v) is 17.7. The zero-order valence-electron chi connectivity index (χ0n) is 16.9. The molecule has 0 fully saturated rings. The quantitative estimate of drug-likeness (QED) is 0.294. The van der Waals surface area contributed by atoms with Crippen LogP contribution in [0.25, 0.3) is 22.4 Å². The average Bonchev–Trinajstić information content (AvgIpc) is 2.79. The van der Waals surface area contributed by atoms with Crippen molar-refractivity contribution in [3.63, 3.8) is 0 Å². The fraction of sp³-hybridized carbons (Fsp3) is 0.115. The molecule has 0 bridgehead atoms. The van der Waals surface area contributed by atoms with Crippen LogP contribution in [0.3, 0.4) is 0 Å². The van der Waals surface area contributed by atoms with E-state index in [0.29, 0.717) is 0 Å². The largest absolute Gasteiger partial charge is 0.416 e. The van der Waals surface area contributed by atoms with E-state index in [0.717, 1.165) is 50.7 Å². The van der Waals surface area contributed by atoms with E-state index in [1.807, 2.05) is 42.5 Å². The van der Waals surface area contributed by atoms with Gasteiger partial charge in [-0.3, -0.25) is 4.98 Å². The molecule has 0 unspecified atom stereocenters. The van der Waals surface area contributed by atoms with Gasteiger partial charge in [-0.1, -0.05) is 54.1 Å². The van der Waals surface area contributed by atoms with Gasteiger partial charge in [0.05, 0.1) is 11.3 Å². The molecule has 0 N–H and O–H groups in total. The van der Waals surface area contributed by atoms with Crippen LogP contribution in [0.5, 0.6) is 0 Å². The molecule has 1 aromatic heterocycles. The Kier molecular flexibility index (Phi) is 6.14. The second kappa shape index (κ2) is 8.98. The van der Waals surface area contributed by atoms with Gasteiger partial charge >= 0.3 is 6.18 Å². The van der Waals surface area contributed by atoms with Gasteiger partial charge in [-0.05, 0) is 60.0 Å². The molecule has 156 valence electrons. The summed E-state index contributed by atoms with van der Waals surface area (Å²) >= 11 is 1.75. The molecule has 0 aliphatic rings. The van der Waals surface area contributed by atoms with Crippen molar-refractivity contribution in [1.82, 2.24) is 4.98 Å². The lowest BCUT2D eigenvalue weighted by Gasteiger charge is -2.11. The fourth-order valence-electron chi connectivity index (χ4n) is 3.30. The Morgan fingerprint density at radius 2 is 1.48 bits per heavy atom. The average molecular weight is 436 g/mol. The second-order valence-corrected chi connectivity index (χ2v) is 8.29. The number of hydrogen-bond donors (Lipinski definition) is 0. The monoisotopic (exact) mass is 435 g/mol. The molecule has 0 saturated heterocycles. The first-order chi connectivity index (χ1) is 14.9. The van der Waals surface area contributed by atoms with E-state index < -0.39 is 11.7 Å². The van der Waals surface area contributed by atoms with Gasteiger partial charge in [0.1, 0.15) is 0 Å². The SMILES string of the molecule is Cc1ccc(SCc2ccc(-c3ccc(C(F)(F)F)cc3)cc2)c(-c2ccccn2)c1. The van der Waals surface area contributed by atoms with Crippen LogP contribution < -0.4 is 0 Å². The predicted octanol–water partition coefficient (Wildman–Crippen LogP) is 8.04. The number of thioether (sulfide) groups is 1. The summed E-state index contributed by atoms with van der Waals surface area (Å²) in [5.41, 5.74) is 5.43. The van der Waals surface area contributed by atoms with E-state index in [9.17, 15) is 13.2 Å². The highest BCUT2D eigenvalue weighted by Gasteiger charge is 2.29. The minimum atomic E-state index is -4.32. The lowest BCUT2D eigenvalue weighted by Crippen LogP contribution is -2.03. The Balaban J connectivity index is 1.48. The first-order valence-corrected chi connectivity index (χ1v) is 10.8. The molecule has 1 nitrogen and oxygen atoms in total. The highest BCUT2D eigenvalue weighted by atomic mass is 32.2. The number of aryl methyl sites for hydroxylation is 1. The Morgan fingerprint density at radius 1 is 0.806 bits per heavy atom. The summed E-state index contributed by atoms with van der Waals surface area (Å²) in [6.07, 6.45) is -2.52. The molecular formula is C26H20F3NS.